The topological polar surface area (TPSA) is 72.5 Å². The molecule has 110 valence electrons. The van der Waals surface area contributed by atoms with Crippen LogP contribution in [0.15, 0.2) is 23.1 Å². The van der Waals surface area contributed by atoms with Gasteiger partial charge < -0.3 is 10.1 Å². The van der Waals surface area contributed by atoms with Gasteiger partial charge in [-0.3, -0.25) is 4.79 Å². The second-order valence-corrected chi connectivity index (χ2v) is 7.39. The molecule has 0 radical (unpaired) electrons. The summed E-state index contributed by atoms with van der Waals surface area (Å²) in [5.74, 6) is 0.513. The largest absolute Gasteiger partial charge is 0.495 e. The number of rotatable bonds is 5. The number of halogens is 1. The van der Waals surface area contributed by atoms with Crippen LogP contribution >= 0.6 is 10.7 Å². The van der Waals surface area contributed by atoms with Crippen LogP contribution in [0.25, 0.3) is 0 Å². The molecule has 0 atom stereocenters. The quantitative estimate of drug-likeness (QED) is 0.848. The van der Waals surface area contributed by atoms with Gasteiger partial charge in [-0.25, -0.2) is 8.42 Å². The molecule has 5 nitrogen and oxygen atoms in total. The summed E-state index contributed by atoms with van der Waals surface area (Å²) < 4.78 is 27.7. The standard InChI is InChI=1S/C13H16ClNO4S/c1-19-11-8-10(5-6-12(11)20(14,17)18)15-13(16)7-9-3-2-4-9/h5-6,8-9H,2-4,7H2,1H3,(H,15,16). The fourth-order valence-corrected chi connectivity index (χ4v) is 3.11. The van der Waals surface area contributed by atoms with Crippen molar-refractivity contribution in [3.8, 4) is 5.75 Å². The second-order valence-electron chi connectivity index (χ2n) is 4.85. The molecule has 7 heteroatoms. The summed E-state index contributed by atoms with van der Waals surface area (Å²) in [6, 6.07) is 4.27. The molecule has 1 N–H and O–H groups in total. The van der Waals surface area contributed by atoms with Gasteiger partial charge in [-0.15, -0.1) is 0 Å². The predicted octanol–water partition coefficient (Wildman–Crippen LogP) is 2.75. The van der Waals surface area contributed by atoms with Crippen LogP contribution in [-0.2, 0) is 13.8 Å². The fourth-order valence-electron chi connectivity index (χ4n) is 2.12. The average Bonchev–Trinajstić information content (AvgIpc) is 2.32. The van der Waals surface area contributed by atoms with Gasteiger partial charge >= 0.3 is 0 Å². The molecule has 0 aromatic heterocycles. The molecule has 0 heterocycles. The molecule has 0 bridgehead atoms. The van der Waals surface area contributed by atoms with Crippen molar-refractivity contribution >= 4 is 31.3 Å². The van der Waals surface area contributed by atoms with Crippen molar-refractivity contribution in [2.24, 2.45) is 5.92 Å². The number of hydrogen-bond donors (Lipinski definition) is 1. The van der Waals surface area contributed by atoms with E-state index in [1.807, 2.05) is 0 Å². The Morgan fingerprint density at radius 3 is 2.65 bits per heavy atom. The molecule has 0 unspecified atom stereocenters. The van der Waals surface area contributed by atoms with Crippen LogP contribution in [0.4, 0.5) is 5.69 Å². The highest BCUT2D eigenvalue weighted by atomic mass is 35.7. The molecule has 20 heavy (non-hydrogen) atoms. The first-order chi connectivity index (χ1) is 9.40. The molecule has 0 saturated heterocycles. The Bertz CT molecular complexity index is 611. The van der Waals surface area contributed by atoms with Crippen LogP contribution in [0.3, 0.4) is 0 Å². The van der Waals surface area contributed by atoms with Crippen molar-refractivity contribution in [1.29, 1.82) is 0 Å². The van der Waals surface area contributed by atoms with E-state index in [4.69, 9.17) is 15.4 Å². The van der Waals surface area contributed by atoms with Crippen molar-refractivity contribution in [1.82, 2.24) is 0 Å². The minimum absolute atomic E-state index is 0.0711. The van der Waals surface area contributed by atoms with Crippen LogP contribution in [-0.4, -0.2) is 21.4 Å². The van der Waals surface area contributed by atoms with Gasteiger partial charge in [-0.1, -0.05) is 6.42 Å². The van der Waals surface area contributed by atoms with Gasteiger partial charge in [0, 0.05) is 28.9 Å². The highest BCUT2D eigenvalue weighted by Crippen LogP contribution is 2.31. The summed E-state index contributed by atoms with van der Waals surface area (Å²) in [6.45, 7) is 0. The van der Waals surface area contributed by atoms with Crippen LogP contribution in [0, 0.1) is 5.92 Å². The van der Waals surface area contributed by atoms with Gasteiger partial charge in [0.15, 0.2) is 0 Å². The van der Waals surface area contributed by atoms with Gasteiger partial charge in [-0.2, -0.15) is 0 Å². The molecule has 1 amide bonds. The lowest BCUT2D eigenvalue weighted by molar-refractivity contribution is -0.117. The second kappa shape index (κ2) is 6.01. The molecule has 1 fully saturated rings. The molecule has 1 aliphatic rings. The number of carbonyl (C=O) groups is 1. The van der Waals surface area contributed by atoms with E-state index in [1.165, 1.54) is 31.7 Å². The van der Waals surface area contributed by atoms with Crippen molar-refractivity contribution in [3.05, 3.63) is 18.2 Å². The summed E-state index contributed by atoms with van der Waals surface area (Å²) in [5, 5.41) is 2.74. The van der Waals surface area contributed by atoms with E-state index < -0.39 is 9.05 Å². The minimum atomic E-state index is -3.87. The number of hydrogen-bond acceptors (Lipinski definition) is 4. The normalized spacial score (nSPS) is 15.5. The maximum absolute atomic E-state index is 11.8. The van der Waals surface area contributed by atoms with Gasteiger partial charge in [0.2, 0.25) is 5.91 Å². The fraction of sp³-hybridized carbons (Fsp3) is 0.462. The first kappa shape index (κ1) is 15.1. The van der Waals surface area contributed by atoms with E-state index in [0.717, 1.165) is 12.8 Å². The number of benzene rings is 1. The summed E-state index contributed by atoms with van der Waals surface area (Å²) in [4.78, 5) is 11.7. The lowest BCUT2D eigenvalue weighted by Gasteiger charge is -2.24. The minimum Gasteiger partial charge on any atom is -0.495 e. The molecule has 1 aromatic rings. The first-order valence-corrected chi connectivity index (χ1v) is 8.63. The third-order valence-corrected chi connectivity index (χ3v) is 4.77. The molecule has 0 spiro atoms. The molecular formula is C13H16ClNO4S. The van der Waals surface area contributed by atoms with Crippen LogP contribution in [0.2, 0.25) is 0 Å². The Morgan fingerprint density at radius 1 is 1.45 bits per heavy atom. The summed E-state index contributed by atoms with van der Waals surface area (Å²) in [5.41, 5.74) is 0.496. The Balaban J connectivity index is 2.11. The summed E-state index contributed by atoms with van der Waals surface area (Å²) in [7, 11) is 2.78. The predicted molar refractivity (Wildman–Crippen MR) is 76.6 cm³/mol. The maximum Gasteiger partial charge on any atom is 0.264 e. The van der Waals surface area contributed by atoms with Crippen LogP contribution < -0.4 is 10.1 Å². The van der Waals surface area contributed by atoms with Gasteiger partial charge in [0.25, 0.3) is 9.05 Å². The highest BCUT2D eigenvalue weighted by molar-refractivity contribution is 8.13. The van der Waals surface area contributed by atoms with E-state index in [1.54, 1.807) is 0 Å². The zero-order chi connectivity index (χ0) is 14.8. The molecule has 1 aromatic carbocycles. The third-order valence-electron chi connectivity index (χ3n) is 3.41. The van der Waals surface area contributed by atoms with E-state index in [9.17, 15) is 13.2 Å². The number of amides is 1. The lowest BCUT2D eigenvalue weighted by Crippen LogP contribution is -2.20. The zero-order valence-electron chi connectivity index (χ0n) is 11.1. The Morgan fingerprint density at radius 2 is 2.15 bits per heavy atom. The Labute approximate surface area is 122 Å². The maximum atomic E-state index is 11.8. The van der Waals surface area contributed by atoms with Gasteiger partial charge in [-0.05, 0) is 30.9 Å². The molecule has 1 saturated carbocycles. The smallest absolute Gasteiger partial charge is 0.264 e. The summed E-state index contributed by atoms with van der Waals surface area (Å²) in [6.07, 6.45) is 3.88. The summed E-state index contributed by atoms with van der Waals surface area (Å²) >= 11 is 0. The van der Waals surface area contributed by atoms with Crippen LogP contribution in [0.1, 0.15) is 25.7 Å². The molecule has 1 aliphatic carbocycles. The van der Waals surface area contributed by atoms with E-state index >= 15 is 0 Å². The number of ether oxygens (including phenoxy) is 1. The first-order valence-electron chi connectivity index (χ1n) is 6.32. The lowest BCUT2D eigenvalue weighted by atomic mass is 9.83. The molecule has 2 rings (SSSR count). The third kappa shape index (κ3) is 3.64. The SMILES string of the molecule is COc1cc(NC(=O)CC2CCC2)ccc1S(=O)(=O)Cl. The van der Waals surface area contributed by atoms with Crippen molar-refractivity contribution < 1.29 is 17.9 Å². The molecular weight excluding hydrogens is 302 g/mol. The number of nitrogens with one attached hydrogen (secondary N) is 1. The van der Waals surface area contributed by atoms with Crippen molar-refractivity contribution in [3.63, 3.8) is 0 Å². The number of methoxy groups -OCH3 is 1. The number of carbonyl (C=O) groups excluding carboxylic acids is 1. The van der Waals surface area contributed by atoms with Crippen LogP contribution in [0.5, 0.6) is 5.75 Å². The number of anilines is 1. The monoisotopic (exact) mass is 317 g/mol. The van der Waals surface area contributed by atoms with Crippen molar-refractivity contribution in [2.45, 2.75) is 30.6 Å². The zero-order valence-corrected chi connectivity index (χ0v) is 12.6. The van der Waals surface area contributed by atoms with Gasteiger partial charge in [0.1, 0.15) is 10.6 Å². The molecule has 0 aliphatic heterocycles. The van der Waals surface area contributed by atoms with E-state index in [0.29, 0.717) is 18.0 Å². The van der Waals surface area contributed by atoms with E-state index in [2.05, 4.69) is 5.32 Å². The Hall–Kier alpha value is -1.27. The van der Waals surface area contributed by atoms with Gasteiger partial charge in [0.05, 0.1) is 7.11 Å². The Kier molecular flexibility index (Phi) is 4.55. The van der Waals surface area contributed by atoms with E-state index in [-0.39, 0.29) is 16.6 Å². The van der Waals surface area contributed by atoms with Crippen molar-refractivity contribution in [2.75, 3.05) is 12.4 Å². The average molecular weight is 318 g/mol. The highest BCUT2D eigenvalue weighted by Gasteiger charge is 2.21.